The van der Waals surface area contributed by atoms with Gasteiger partial charge in [0.25, 0.3) is 0 Å². The molecule has 1 aliphatic heterocycles. The largest absolute Gasteiger partial charge is 0.377 e. The number of ether oxygens (including phenoxy) is 2. The Balaban J connectivity index is 1.98. The van der Waals surface area contributed by atoms with Gasteiger partial charge in [0.15, 0.2) is 5.79 Å². The molecule has 0 unspecified atom stereocenters. The number of anilines is 1. The lowest BCUT2D eigenvalue weighted by atomic mass is 10.2. The van der Waals surface area contributed by atoms with Crippen LogP contribution >= 0.6 is 11.8 Å². The molecular formula is C13H19NO2S. The van der Waals surface area contributed by atoms with Gasteiger partial charge in [-0.1, -0.05) is 12.1 Å². The predicted octanol–water partition coefficient (Wildman–Crippen LogP) is 2.97. The lowest BCUT2D eigenvalue weighted by molar-refractivity contribution is -0.247. The first-order valence-electron chi connectivity index (χ1n) is 5.78. The molecule has 0 bridgehead atoms. The highest BCUT2D eigenvalue weighted by atomic mass is 32.2. The molecule has 0 atom stereocenters. The molecule has 0 amide bonds. The molecule has 0 aliphatic carbocycles. The van der Waals surface area contributed by atoms with Crippen molar-refractivity contribution in [2.45, 2.75) is 30.6 Å². The fraction of sp³-hybridized carbons (Fsp3) is 0.538. The summed E-state index contributed by atoms with van der Waals surface area (Å²) in [5.74, 6) is -0.447. The molecule has 0 aromatic heterocycles. The Morgan fingerprint density at radius 1 is 1.24 bits per heavy atom. The molecule has 1 aliphatic rings. The summed E-state index contributed by atoms with van der Waals surface area (Å²) in [7, 11) is 0. The van der Waals surface area contributed by atoms with Gasteiger partial charge in [-0.25, -0.2) is 0 Å². The first kappa shape index (κ1) is 12.7. The van der Waals surface area contributed by atoms with Crippen LogP contribution in [0, 0.1) is 0 Å². The summed E-state index contributed by atoms with van der Waals surface area (Å²) in [4.78, 5) is 1.25. The standard InChI is InChI=1S/C13H19NO2S/c1-13(2)15-8-10(9-16-13)14-11-6-4-5-7-12(11)17-3/h4-7,10,14H,8-9H2,1-3H3. The van der Waals surface area contributed by atoms with Crippen LogP contribution in [-0.4, -0.2) is 31.3 Å². The second kappa shape index (κ2) is 5.29. The molecule has 1 aromatic carbocycles. The van der Waals surface area contributed by atoms with E-state index in [0.29, 0.717) is 13.2 Å². The average Bonchev–Trinajstić information content (AvgIpc) is 2.32. The van der Waals surface area contributed by atoms with E-state index in [1.165, 1.54) is 4.90 Å². The average molecular weight is 253 g/mol. The minimum atomic E-state index is -0.447. The van der Waals surface area contributed by atoms with E-state index in [-0.39, 0.29) is 6.04 Å². The zero-order chi connectivity index (χ0) is 12.3. The molecule has 1 N–H and O–H groups in total. The molecule has 94 valence electrons. The SMILES string of the molecule is CSc1ccccc1NC1COC(C)(C)OC1. The molecule has 3 nitrogen and oxygen atoms in total. The fourth-order valence-electron chi connectivity index (χ4n) is 1.76. The maximum absolute atomic E-state index is 5.63. The van der Waals surface area contributed by atoms with Gasteiger partial charge in [-0.05, 0) is 32.2 Å². The highest BCUT2D eigenvalue weighted by molar-refractivity contribution is 7.98. The molecule has 2 rings (SSSR count). The number of rotatable bonds is 3. The van der Waals surface area contributed by atoms with Crippen molar-refractivity contribution in [2.75, 3.05) is 24.8 Å². The zero-order valence-corrected chi connectivity index (χ0v) is 11.3. The summed E-state index contributed by atoms with van der Waals surface area (Å²) in [6, 6.07) is 8.51. The van der Waals surface area contributed by atoms with Crippen LogP contribution in [0.15, 0.2) is 29.2 Å². The van der Waals surface area contributed by atoms with Gasteiger partial charge in [0.1, 0.15) is 0 Å². The van der Waals surface area contributed by atoms with Crippen molar-refractivity contribution in [2.24, 2.45) is 0 Å². The molecule has 1 heterocycles. The van der Waals surface area contributed by atoms with Gasteiger partial charge in [-0.15, -0.1) is 11.8 Å². The third-order valence-corrected chi connectivity index (χ3v) is 3.53. The van der Waals surface area contributed by atoms with Crippen molar-refractivity contribution in [3.8, 4) is 0 Å². The van der Waals surface area contributed by atoms with Gasteiger partial charge in [-0.3, -0.25) is 0 Å². The molecule has 17 heavy (non-hydrogen) atoms. The molecule has 4 heteroatoms. The van der Waals surface area contributed by atoms with Crippen molar-refractivity contribution >= 4 is 17.4 Å². The Kier molecular flexibility index (Phi) is 3.97. The van der Waals surface area contributed by atoms with E-state index in [1.54, 1.807) is 11.8 Å². The topological polar surface area (TPSA) is 30.5 Å². The van der Waals surface area contributed by atoms with Crippen LogP contribution in [0.25, 0.3) is 0 Å². The Morgan fingerprint density at radius 2 is 1.88 bits per heavy atom. The second-order valence-electron chi connectivity index (χ2n) is 4.56. The van der Waals surface area contributed by atoms with Crippen LogP contribution in [0.2, 0.25) is 0 Å². The third-order valence-electron chi connectivity index (χ3n) is 2.73. The van der Waals surface area contributed by atoms with Crippen LogP contribution < -0.4 is 5.32 Å². The number of thioether (sulfide) groups is 1. The van der Waals surface area contributed by atoms with E-state index < -0.39 is 5.79 Å². The molecule has 1 saturated heterocycles. The van der Waals surface area contributed by atoms with E-state index in [4.69, 9.17) is 9.47 Å². The van der Waals surface area contributed by atoms with Gasteiger partial charge >= 0.3 is 0 Å². The van der Waals surface area contributed by atoms with Gasteiger partial charge in [0.2, 0.25) is 0 Å². The minimum Gasteiger partial charge on any atom is -0.377 e. The van der Waals surface area contributed by atoms with Crippen LogP contribution in [-0.2, 0) is 9.47 Å². The van der Waals surface area contributed by atoms with Gasteiger partial charge in [0, 0.05) is 10.6 Å². The van der Waals surface area contributed by atoms with Gasteiger partial charge in [0.05, 0.1) is 19.3 Å². The summed E-state index contributed by atoms with van der Waals surface area (Å²) in [5, 5.41) is 3.47. The number of para-hydroxylation sites is 1. The van der Waals surface area contributed by atoms with E-state index in [0.717, 1.165) is 5.69 Å². The Bertz CT molecular complexity index is 371. The van der Waals surface area contributed by atoms with Gasteiger partial charge in [-0.2, -0.15) is 0 Å². The summed E-state index contributed by atoms with van der Waals surface area (Å²) in [6.07, 6.45) is 2.08. The Morgan fingerprint density at radius 3 is 2.53 bits per heavy atom. The van der Waals surface area contributed by atoms with Crippen molar-refractivity contribution in [3.05, 3.63) is 24.3 Å². The van der Waals surface area contributed by atoms with Crippen molar-refractivity contribution < 1.29 is 9.47 Å². The highest BCUT2D eigenvalue weighted by Gasteiger charge is 2.28. The summed E-state index contributed by atoms with van der Waals surface area (Å²) < 4.78 is 11.3. The van der Waals surface area contributed by atoms with Crippen molar-refractivity contribution in [1.82, 2.24) is 0 Å². The molecule has 0 radical (unpaired) electrons. The van der Waals surface area contributed by atoms with E-state index >= 15 is 0 Å². The van der Waals surface area contributed by atoms with Crippen LogP contribution in [0.3, 0.4) is 0 Å². The van der Waals surface area contributed by atoms with Crippen LogP contribution in [0.5, 0.6) is 0 Å². The minimum absolute atomic E-state index is 0.219. The molecular weight excluding hydrogens is 234 g/mol. The van der Waals surface area contributed by atoms with Gasteiger partial charge < -0.3 is 14.8 Å². The summed E-state index contributed by atoms with van der Waals surface area (Å²) in [5.41, 5.74) is 1.15. The van der Waals surface area contributed by atoms with Crippen molar-refractivity contribution in [3.63, 3.8) is 0 Å². The molecule has 0 spiro atoms. The second-order valence-corrected chi connectivity index (χ2v) is 5.41. The Hall–Kier alpha value is -0.710. The predicted molar refractivity (Wildman–Crippen MR) is 71.6 cm³/mol. The number of benzene rings is 1. The lowest BCUT2D eigenvalue weighted by Gasteiger charge is -2.35. The van der Waals surface area contributed by atoms with Crippen LogP contribution in [0.1, 0.15) is 13.8 Å². The normalized spacial score (nSPS) is 20.2. The lowest BCUT2D eigenvalue weighted by Crippen LogP contribution is -2.45. The molecule has 0 saturated carbocycles. The first-order chi connectivity index (χ1) is 8.11. The quantitative estimate of drug-likeness (QED) is 0.839. The third kappa shape index (κ3) is 3.37. The smallest absolute Gasteiger partial charge is 0.162 e. The zero-order valence-electron chi connectivity index (χ0n) is 10.5. The first-order valence-corrected chi connectivity index (χ1v) is 7.01. The van der Waals surface area contributed by atoms with E-state index in [2.05, 4.69) is 23.7 Å². The molecule has 1 fully saturated rings. The summed E-state index contributed by atoms with van der Waals surface area (Å²) in [6.45, 7) is 5.24. The van der Waals surface area contributed by atoms with Crippen molar-refractivity contribution in [1.29, 1.82) is 0 Å². The fourth-order valence-corrected chi connectivity index (χ4v) is 2.32. The monoisotopic (exact) mass is 253 g/mol. The van der Waals surface area contributed by atoms with E-state index in [9.17, 15) is 0 Å². The maximum atomic E-state index is 5.63. The van der Waals surface area contributed by atoms with E-state index in [1.807, 2.05) is 26.0 Å². The number of hydrogen-bond donors (Lipinski definition) is 1. The number of hydrogen-bond acceptors (Lipinski definition) is 4. The van der Waals surface area contributed by atoms with Crippen LogP contribution in [0.4, 0.5) is 5.69 Å². The number of nitrogens with one attached hydrogen (secondary N) is 1. The molecule has 1 aromatic rings. The maximum Gasteiger partial charge on any atom is 0.162 e. The highest BCUT2D eigenvalue weighted by Crippen LogP contribution is 2.26. The Labute approximate surface area is 107 Å². The summed E-state index contributed by atoms with van der Waals surface area (Å²) >= 11 is 1.74.